The van der Waals surface area contributed by atoms with Gasteiger partial charge in [0, 0.05) is 4.88 Å². The van der Waals surface area contributed by atoms with Gasteiger partial charge in [-0.2, -0.15) is 0 Å². The number of carbonyl (C=O) groups is 4. The summed E-state index contributed by atoms with van der Waals surface area (Å²) in [6, 6.07) is 8.64. The Balaban J connectivity index is 1.40. The first-order chi connectivity index (χ1) is 14.4. The molecule has 1 saturated heterocycles. The van der Waals surface area contributed by atoms with E-state index in [2.05, 4.69) is 16.2 Å². The van der Waals surface area contributed by atoms with Crippen LogP contribution in [0.1, 0.15) is 44.6 Å². The third-order valence-corrected chi connectivity index (χ3v) is 6.99. The number of hydrazine groups is 1. The molecular formula is C21H22N4O4S. The second-order valence-electron chi connectivity index (χ2n) is 7.46. The summed E-state index contributed by atoms with van der Waals surface area (Å²) >= 11 is 1.37. The number of amides is 5. The molecule has 2 aromatic rings. The van der Waals surface area contributed by atoms with Gasteiger partial charge in [0.05, 0.1) is 4.88 Å². The van der Waals surface area contributed by atoms with Crippen LogP contribution in [0.4, 0.5) is 4.79 Å². The van der Waals surface area contributed by atoms with Gasteiger partial charge in [0.25, 0.3) is 17.7 Å². The average molecular weight is 426 g/mol. The fraction of sp³-hybridized carbons (Fsp3) is 0.333. The van der Waals surface area contributed by atoms with Gasteiger partial charge in [-0.1, -0.05) is 31.2 Å². The number of rotatable bonds is 4. The molecule has 4 rings (SSSR count). The lowest BCUT2D eigenvalue weighted by Gasteiger charge is -2.22. The maximum absolute atomic E-state index is 13.0. The molecule has 5 amide bonds. The molecule has 30 heavy (non-hydrogen) atoms. The number of fused-ring (bicyclic) bond motifs is 2. The molecule has 1 atom stereocenters. The lowest BCUT2D eigenvalue weighted by Crippen LogP contribution is -2.48. The SMILES string of the molecule is CCc1sc(C(=O)NNC(=O)CN2C(=O)NC3(CCc4ccccc43)C2=O)cc1C. The molecule has 1 aliphatic heterocycles. The number of urea groups is 1. The Labute approximate surface area is 177 Å². The van der Waals surface area contributed by atoms with Crippen LogP contribution in [-0.4, -0.2) is 35.2 Å². The van der Waals surface area contributed by atoms with Gasteiger partial charge >= 0.3 is 6.03 Å². The van der Waals surface area contributed by atoms with E-state index in [1.54, 1.807) is 6.07 Å². The van der Waals surface area contributed by atoms with Crippen molar-refractivity contribution in [2.24, 2.45) is 0 Å². The van der Waals surface area contributed by atoms with Crippen LogP contribution in [0.5, 0.6) is 0 Å². The van der Waals surface area contributed by atoms with Crippen LogP contribution in [0.15, 0.2) is 30.3 Å². The number of imide groups is 1. The highest BCUT2D eigenvalue weighted by atomic mass is 32.1. The molecule has 0 saturated carbocycles. The van der Waals surface area contributed by atoms with Crippen LogP contribution in [0, 0.1) is 6.92 Å². The predicted octanol–water partition coefficient (Wildman–Crippen LogP) is 1.77. The van der Waals surface area contributed by atoms with Gasteiger partial charge in [-0.05, 0) is 48.9 Å². The molecule has 1 unspecified atom stereocenters. The normalized spacial score (nSPS) is 19.7. The van der Waals surface area contributed by atoms with Gasteiger partial charge in [0.1, 0.15) is 12.1 Å². The highest BCUT2D eigenvalue weighted by molar-refractivity contribution is 7.14. The summed E-state index contributed by atoms with van der Waals surface area (Å²) in [6.45, 7) is 3.47. The van der Waals surface area contributed by atoms with Gasteiger partial charge in [-0.25, -0.2) is 4.79 Å². The molecule has 2 heterocycles. The summed E-state index contributed by atoms with van der Waals surface area (Å²) in [5.41, 5.74) is 6.35. The summed E-state index contributed by atoms with van der Waals surface area (Å²) in [5, 5.41) is 2.77. The van der Waals surface area contributed by atoms with Crippen molar-refractivity contribution >= 4 is 35.1 Å². The quantitative estimate of drug-likeness (QED) is 0.512. The van der Waals surface area contributed by atoms with E-state index in [1.807, 2.05) is 38.1 Å². The predicted molar refractivity (Wildman–Crippen MR) is 111 cm³/mol. The van der Waals surface area contributed by atoms with Crippen molar-refractivity contribution in [2.75, 3.05) is 6.54 Å². The number of thiophene rings is 1. The van der Waals surface area contributed by atoms with E-state index >= 15 is 0 Å². The van der Waals surface area contributed by atoms with Crippen molar-refractivity contribution < 1.29 is 19.2 Å². The Kier molecular flexibility index (Phi) is 5.07. The molecule has 9 heteroatoms. The van der Waals surface area contributed by atoms with E-state index in [9.17, 15) is 19.2 Å². The van der Waals surface area contributed by atoms with Gasteiger partial charge < -0.3 is 5.32 Å². The van der Waals surface area contributed by atoms with Crippen molar-refractivity contribution in [3.05, 3.63) is 56.8 Å². The monoisotopic (exact) mass is 426 g/mol. The Morgan fingerprint density at radius 1 is 1.23 bits per heavy atom. The molecule has 1 aromatic carbocycles. The first-order valence-corrected chi connectivity index (χ1v) is 10.6. The van der Waals surface area contributed by atoms with Gasteiger partial charge in [-0.3, -0.25) is 30.1 Å². The van der Waals surface area contributed by atoms with Crippen LogP contribution in [0.3, 0.4) is 0 Å². The second-order valence-corrected chi connectivity index (χ2v) is 8.59. The van der Waals surface area contributed by atoms with E-state index in [0.717, 1.165) is 32.9 Å². The molecule has 1 aliphatic carbocycles. The maximum atomic E-state index is 13.0. The van der Waals surface area contributed by atoms with E-state index in [1.165, 1.54) is 11.3 Å². The Morgan fingerprint density at radius 3 is 2.73 bits per heavy atom. The van der Waals surface area contributed by atoms with E-state index in [0.29, 0.717) is 17.7 Å². The number of nitrogens with zero attached hydrogens (tertiary/aromatic N) is 1. The van der Waals surface area contributed by atoms with Crippen molar-refractivity contribution in [3.8, 4) is 0 Å². The fourth-order valence-electron chi connectivity index (χ4n) is 4.09. The standard InChI is InChI=1S/C21H22N4O4S/c1-3-15-12(2)10-16(30-15)18(27)24-23-17(26)11-25-19(28)21(22-20(25)29)9-8-13-6-4-5-7-14(13)21/h4-7,10H,3,8-9,11H2,1-2H3,(H,22,29)(H,23,26)(H,24,27). The Morgan fingerprint density at radius 2 is 2.00 bits per heavy atom. The molecule has 8 nitrogen and oxygen atoms in total. The zero-order chi connectivity index (χ0) is 21.5. The number of carbonyl (C=O) groups excluding carboxylic acids is 4. The van der Waals surface area contributed by atoms with Crippen LogP contribution in [-0.2, 0) is 28.0 Å². The largest absolute Gasteiger partial charge is 0.325 e. The minimum atomic E-state index is -1.11. The highest BCUT2D eigenvalue weighted by Crippen LogP contribution is 2.41. The molecule has 0 bridgehead atoms. The molecule has 156 valence electrons. The topological polar surface area (TPSA) is 108 Å². The first kappa shape index (κ1) is 20.1. The lowest BCUT2D eigenvalue weighted by atomic mass is 9.92. The number of nitrogens with one attached hydrogen (secondary N) is 3. The molecule has 0 radical (unpaired) electrons. The minimum absolute atomic E-state index is 0.436. The van der Waals surface area contributed by atoms with Crippen LogP contribution < -0.4 is 16.2 Å². The zero-order valence-electron chi connectivity index (χ0n) is 16.7. The number of hydrogen-bond donors (Lipinski definition) is 3. The van der Waals surface area contributed by atoms with Crippen molar-refractivity contribution in [1.29, 1.82) is 0 Å². The van der Waals surface area contributed by atoms with Crippen LogP contribution in [0.2, 0.25) is 0 Å². The van der Waals surface area contributed by atoms with Gasteiger partial charge in [0.15, 0.2) is 0 Å². The Bertz CT molecular complexity index is 1060. The number of hydrogen-bond acceptors (Lipinski definition) is 5. The summed E-state index contributed by atoms with van der Waals surface area (Å²) < 4.78 is 0. The second kappa shape index (κ2) is 7.56. The molecule has 1 aromatic heterocycles. The maximum Gasteiger partial charge on any atom is 0.325 e. The molecule has 1 spiro atoms. The third-order valence-electron chi connectivity index (χ3n) is 5.60. The van der Waals surface area contributed by atoms with E-state index in [-0.39, 0.29) is 0 Å². The highest BCUT2D eigenvalue weighted by Gasteiger charge is 2.55. The molecule has 1 fully saturated rings. The van der Waals surface area contributed by atoms with Crippen LogP contribution in [0.25, 0.3) is 0 Å². The van der Waals surface area contributed by atoms with E-state index < -0.39 is 35.8 Å². The molecular weight excluding hydrogens is 404 g/mol. The third kappa shape index (κ3) is 3.24. The van der Waals surface area contributed by atoms with Crippen molar-refractivity contribution in [2.45, 2.75) is 38.6 Å². The Hall–Kier alpha value is -3.20. The van der Waals surface area contributed by atoms with Gasteiger partial charge in [-0.15, -0.1) is 11.3 Å². The van der Waals surface area contributed by atoms with Crippen LogP contribution >= 0.6 is 11.3 Å². The smallest absolute Gasteiger partial charge is 0.319 e. The number of benzene rings is 1. The van der Waals surface area contributed by atoms with Crippen molar-refractivity contribution in [3.63, 3.8) is 0 Å². The van der Waals surface area contributed by atoms with Gasteiger partial charge in [0.2, 0.25) is 0 Å². The first-order valence-electron chi connectivity index (χ1n) is 9.76. The summed E-state index contributed by atoms with van der Waals surface area (Å²) in [6.07, 6.45) is 1.97. The average Bonchev–Trinajstić information content (AvgIpc) is 3.37. The van der Waals surface area contributed by atoms with E-state index in [4.69, 9.17) is 0 Å². The van der Waals surface area contributed by atoms with Crippen molar-refractivity contribution in [1.82, 2.24) is 21.1 Å². The number of aryl methyl sites for hydroxylation is 3. The minimum Gasteiger partial charge on any atom is -0.319 e. The molecule has 3 N–H and O–H groups in total. The summed E-state index contributed by atoms with van der Waals surface area (Å²) in [5.74, 6) is -1.53. The zero-order valence-corrected chi connectivity index (χ0v) is 17.5. The lowest BCUT2D eigenvalue weighted by molar-refractivity contribution is -0.135. The molecule has 2 aliphatic rings. The fourth-order valence-corrected chi connectivity index (χ4v) is 5.10. The summed E-state index contributed by atoms with van der Waals surface area (Å²) in [7, 11) is 0. The summed E-state index contributed by atoms with van der Waals surface area (Å²) in [4.78, 5) is 52.6.